The number of nitrogens with one attached hydrogen (secondary N) is 1. The van der Waals surface area contributed by atoms with Crippen LogP contribution in [0.15, 0.2) is 24.3 Å². The van der Waals surface area contributed by atoms with Gasteiger partial charge in [-0.25, -0.2) is 4.39 Å². The third-order valence-electron chi connectivity index (χ3n) is 3.94. The second-order valence-electron chi connectivity index (χ2n) is 5.81. The van der Waals surface area contributed by atoms with Crippen LogP contribution in [0, 0.1) is 5.82 Å². The predicted octanol–water partition coefficient (Wildman–Crippen LogP) is 1.48. The summed E-state index contributed by atoms with van der Waals surface area (Å²) in [7, 11) is 1.50. The zero-order valence-corrected chi connectivity index (χ0v) is 14.0. The number of carbonyl (C=O) groups excluding carboxylic acids is 1. The summed E-state index contributed by atoms with van der Waals surface area (Å²) in [5, 5.41) is 2.77. The highest BCUT2D eigenvalue weighted by Crippen LogP contribution is 2.17. The van der Waals surface area contributed by atoms with Gasteiger partial charge in [0.1, 0.15) is 5.82 Å². The molecule has 0 bridgehead atoms. The van der Waals surface area contributed by atoms with Crippen molar-refractivity contribution in [2.75, 3.05) is 25.1 Å². The number of rotatable bonds is 6. The predicted molar refractivity (Wildman–Crippen MR) is 89.8 cm³/mol. The van der Waals surface area contributed by atoms with Gasteiger partial charge in [-0.2, -0.15) is 15.0 Å². The van der Waals surface area contributed by atoms with Crippen LogP contribution >= 0.6 is 0 Å². The molecule has 0 spiro atoms. The summed E-state index contributed by atoms with van der Waals surface area (Å²) in [5.74, 6) is 0.512. The molecule has 1 saturated heterocycles. The van der Waals surface area contributed by atoms with Gasteiger partial charge in [-0.15, -0.1) is 0 Å². The van der Waals surface area contributed by atoms with Crippen molar-refractivity contribution in [3.8, 4) is 6.01 Å². The molecule has 0 radical (unpaired) electrons. The van der Waals surface area contributed by atoms with Crippen molar-refractivity contribution in [3.05, 3.63) is 41.5 Å². The van der Waals surface area contributed by atoms with Crippen molar-refractivity contribution in [2.45, 2.75) is 25.8 Å². The number of carbonyl (C=O) groups is 1. The summed E-state index contributed by atoms with van der Waals surface area (Å²) < 4.78 is 18.0. The fourth-order valence-electron chi connectivity index (χ4n) is 2.64. The number of hydrogen-bond acceptors (Lipinski definition) is 6. The molecule has 1 aliphatic heterocycles. The van der Waals surface area contributed by atoms with Crippen molar-refractivity contribution in [1.82, 2.24) is 20.3 Å². The monoisotopic (exact) mass is 345 g/mol. The molecule has 0 atom stereocenters. The van der Waals surface area contributed by atoms with Gasteiger partial charge < -0.3 is 15.0 Å². The van der Waals surface area contributed by atoms with E-state index in [1.165, 1.54) is 19.2 Å². The van der Waals surface area contributed by atoms with E-state index in [1.54, 1.807) is 12.1 Å². The van der Waals surface area contributed by atoms with E-state index in [-0.39, 0.29) is 30.7 Å². The fourth-order valence-corrected chi connectivity index (χ4v) is 2.64. The highest BCUT2D eigenvalue weighted by Gasteiger charge is 2.18. The Labute approximate surface area is 145 Å². The van der Waals surface area contributed by atoms with Crippen LogP contribution in [-0.4, -0.2) is 41.1 Å². The molecule has 1 aromatic carbocycles. The second kappa shape index (κ2) is 7.87. The number of hydrogen-bond donors (Lipinski definition) is 1. The molecule has 0 unspecified atom stereocenters. The molecule has 25 heavy (non-hydrogen) atoms. The minimum atomic E-state index is -0.323. The molecule has 8 heteroatoms. The number of ether oxygens (including phenoxy) is 1. The van der Waals surface area contributed by atoms with Gasteiger partial charge in [-0.05, 0) is 30.5 Å². The number of amides is 1. The summed E-state index contributed by atoms with van der Waals surface area (Å²) in [6, 6.07) is 6.09. The van der Waals surface area contributed by atoms with Gasteiger partial charge in [0, 0.05) is 13.1 Å². The minimum absolute atomic E-state index is 0.168. The molecule has 2 aromatic rings. The molecule has 0 saturated carbocycles. The van der Waals surface area contributed by atoms with Gasteiger partial charge in [0.05, 0.1) is 20.1 Å². The van der Waals surface area contributed by atoms with Crippen LogP contribution in [0.3, 0.4) is 0 Å². The quantitative estimate of drug-likeness (QED) is 0.854. The molecule has 1 fully saturated rings. The van der Waals surface area contributed by atoms with E-state index < -0.39 is 0 Å². The Balaban J connectivity index is 1.62. The molecule has 132 valence electrons. The largest absolute Gasteiger partial charge is 0.467 e. The Morgan fingerprint density at radius 2 is 1.92 bits per heavy atom. The molecule has 1 amide bonds. The summed E-state index contributed by atoms with van der Waals surface area (Å²) in [6.45, 7) is 1.99. The molecule has 3 rings (SSSR count). The van der Waals surface area contributed by atoms with Gasteiger partial charge in [0.2, 0.25) is 11.9 Å². The Kier molecular flexibility index (Phi) is 5.37. The average molecular weight is 345 g/mol. The molecule has 1 aliphatic rings. The topological polar surface area (TPSA) is 80.2 Å². The van der Waals surface area contributed by atoms with Gasteiger partial charge in [0.25, 0.3) is 0 Å². The number of methoxy groups -OCH3 is 1. The van der Waals surface area contributed by atoms with E-state index in [1.807, 2.05) is 0 Å². The summed E-state index contributed by atoms with van der Waals surface area (Å²) >= 11 is 0. The Bertz CT molecular complexity index is 732. The van der Waals surface area contributed by atoms with Crippen molar-refractivity contribution < 1.29 is 13.9 Å². The van der Waals surface area contributed by atoms with Crippen molar-refractivity contribution >= 4 is 11.9 Å². The zero-order valence-electron chi connectivity index (χ0n) is 14.0. The first-order valence-corrected chi connectivity index (χ1v) is 8.19. The van der Waals surface area contributed by atoms with E-state index in [9.17, 15) is 9.18 Å². The fraction of sp³-hybridized carbons (Fsp3) is 0.412. The maximum absolute atomic E-state index is 12.9. The number of anilines is 1. The first-order valence-electron chi connectivity index (χ1n) is 8.19. The van der Waals surface area contributed by atoms with Gasteiger partial charge in [-0.1, -0.05) is 12.1 Å². The third-order valence-corrected chi connectivity index (χ3v) is 3.94. The molecular weight excluding hydrogens is 325 g/mol. The highest BCUT2D eigenvalue weighted by atomic mass is 19.1. The van der Waals surface area contributed by atoms with Crippen molar-refractivity contribution in [3.63, 3.8) is 0 Å². The molecule has 1 aromatic heterocycles. The van der Waals surface area contributed by atoms with Crippen LogP contribution in [-0.2, 0) is 17.8 Å². The van der Waals surface area contributed by atoms with Crippen molar-refractivity contribution in [1.29, 1.82) is 0 Å². The van der Waals surface area contributed by atoms with Gasteiger partial charge in [0.15, 0.2) is 5.82 Å². The first kappa shape index (κ1) is 17.1. The molecule has 2 heterocycles. The zero-order chi connectivity index (χ0) is 17.6. The summed E-state index contributed by atoms with van der Waals surface area (Å²) in [5.41, 5.74) is 0.741. The Morgan fingerprint density at radius 3 is 2.60 bits per heavy atom. The van der Waals surface area contributed by atoms with Crippen LogP contribution in [0.1, 0.15) is 24.2 Å². The Morgan fingerprint density at radius 1 is 1.20 bits per heavy atom. The number of halogens is 1. The van der Waals surface area contributed by atoms with Crippen LogP contribution in [0.25, 0.3) is 0 Å². The Hall–Kier alpha value is -2.77. The second-order valence-corrected chi connectivity index (χ2v) is 5.81. The van der Waals surface area contributed by atoms with Crippen molar-refractivity contribution in [2.24, 2.45) is 0 Å². The number of benzene rings is 1. The normalized spacial score (nSPS) is 13.8. The lowest BCUT2D eigenvalue weighted by atomic mass is 10.1. The lowest BCUT2D eigenvalue weighted by molar-refractivity contribution is -0.120. The minimum Gasteiger partial charge on any atom is -0.467 e. The van der Waals surface area contributed by atoms with Crippen LogP contribution in [0.2, 0.25) is 0 Å². The van der Waals surface area contributed by atoms with Gasteiger partial charge in [-0.3, -0.25) is 4.79 Å². The van der Waals surface area contributed by atoms with Crippen LogP contribution < -0.4 is 15.0 Å². The SMILES string of the molecule is COc1nc(CNC(=O)Cc2ccc(F)cc2)nc(N2CCCC2)n1. The lowest BCUT2D eigenvalue weighted by Crippen LogP contribution is -2.27. The maximum Gasteiger partial charge on any atom is 0.321 e. The summed E-state index contributed by atoms with van der Waals surface area (Å²) in [6.07, 6.45) is 2.39. The number of nitrogens with zero attached hydrogens (tertiary/aromatic N) is 4. The maximum atomic E-state index is 12.9. The van der Waals surface area contributed by atoms with E-state index >= 15 is 0 Å². The third kappa shape index (κ3) is 4.62. The standard InChI is InChI=1S/C17H20FN5O2/c1-25-17-21-14(20-16(22-17)23-8-2-3-9-23)11-19-15(24)10-12-4-6-13(18)7-5-12/h4-7H,2-3,8-11H2,1H3,(H,19,24). The smallest absolute Gasteiger partial charge is 0.321 e. The molecule has 7 nitrogen and oxygen atoms in total. The van der Waals surface area contributed by atoms with Crippen LogP contribution in [0.4, 0.5) is 10.3 Å². The molecular formula is C17H20FN5O2. The summed E-state index contributed by atoms with van der Waals surface area (Å²) in [4.78, 5) is 27.0. The molecule has 1 N–H and O–H groups in total. The van der Waals surface area contributed by atoms with E-state index in [0.29, 0.717) is 11.8 Å². The van der Waals surface area contributed by atoms with E-state index in [0.717, 1.165) is 31.5 Å². The number of aromatic nitrogens is 3. The average Bonchev–Trinajstić information content (AvgIpc) is 3.16. The molecule has 0 aliphatic carbocycles. The highest BCUT2D eigenvalue weighted by molar-refractivity contribution is 5.78. The van der Waals surface area contributed by atoms with Gasteiger partial charge >= 0.3 is 6.01 Å². The van der Waals surface area contributed by atoms with E-state index in [2.05, 4.69) is 25.2 Å². The van der Waals surface area contributed by atoms with Crippen LogP contribution in [0.5, 0.6) is 6.01 Å². The lowest BCUT2D eigenvalue weighted by Gasteiger charge is -2.16. The van der Waals surface area contributed by atoms with E-state index in [4.69, 9.17) is 4.74 Å². The first-order chi connectivity index (χ1) is 12.1.